The second-order valence-corrected chi connectivity index (χ2v) is 5.42. The lowest BCUT2D eigenvalue weighted by Crippen LogP contribution is -2.39. The zero-order valence-electron chi connectivity index (χ0n) is 11.0. The van der Waals surface area contributed by atoms with Gasteiger partial charge in [-0.2, -0.15) is 0 Å². The van der Waals surface area contributed by atoms with E-state index in [1.165, 1.54) is 16.7 Å². The van der Waals surface area contributed by atoms with Crippen LogP contribution in [0.2, 0.25) is 0 Å². The molecule has 4 heteroatoms. The fourth-order valence-corrected chi connectivity index (χ4v) is 3.28. The number of ether oxygens (including phenoxy) is 3. The van der Waals surface area contributed by atoms with E-state index in [2.05, 4.69) is 11.4 Å². The van der Waals surface area contributed by atoms with Crippen LogP contribution in [0, 0.1) is 0 Å². The van der Waals surface area contributed by atoms with E-state index in [-0.39, 0.29) is 6.10 Å². The Morgan fingerprint density at radius 1 is 1.16 bits per heavy atom. The van der Waals surface area contributed by atoms with E-state index in [0.717, 1.165) is 63.7 Å². The molecule has 3 heterocycles. The normalized spacial score (nSPS) is 24.5. The largest absolute Gasteiger partial charge is 0.493 e. The van der Waals surface area contributed by atoms with Crippen molar-refractivity contribution in [1.82, 2.24) is 5.32 Å². The van der Waals surface area contributed by atoms with Crippen molar-refractivity contribution in [3.8, 4) is 11.5 Å². The first-order chi connectivity index (χ1) is 9.42. The Hall–Kier alpha value is -1.26. The molecule has 0 bridgehead atoms. The molecule has 102 valence electrons. The molecular weight excluding hydrogens is 242 g/mol. The lowest BCUT2D eigenvalue weighted by atomic mass is 9.95. The zero-order valence-corrected chi connectivity index (χ0v) is 11.0. The van der Waals surface area contributed by atoms with Crippen molar-refractivity contribution in [2.75, 3.05) is 32.9 Å². The van der Waals surface area contributed by atoms with Gasteiger partial charge in [0.05, 0.1) is 25.9 Å². The summed E-state index contributed by atoms with van der Waals surface area (Å²) in [4.78, 5) is 0. The molecule has 4 nitrogen and oxygen atoms in total. The summed E-state index contributed by atoms with van der Waals surface area (Å²) in [6.45, 7) is 4.30. The standard InChI is InChI=1S/C15H19NO3/c1-4-19-15-10(1)7-14-12(2-5-18-14)13(15)8-11-9-16-3-6-17-11/h7,11,16H,1-6,8-9H2. The molecule has 3 aliphatic rings. The first kappa shape index (κ1) is 11.6. The highest BCUT2D eigenvalue weighted by molar-refractivity contribution is 5.56. The molecule has 0 spiro atoms. The van der Waals surface area contributed by atoms with Crippen molar-refractivity contribution in [2.24, 2.45) is 0 Å². The van der Waals surface area contributed by atoms with Gasteiger partial charge in [0.15, 0.2) is 0 Å². The van der Waals surface area contributed by atoms with Gasteiger partial charge in [0.2, 0.25) is 0 Å². The first-order valence-corrected chi connectivity index (χ1v) is 7.17. The minimum atomic E-state index is 0.258. The molecule has 1 fully saturated rings. The van der Waals surface area contributed by atoms with Crippen LogP contribution >= 0.6 is 0 Å². The van der Waals surface area contributed by atoms with Crippen molar-refractivity contribution in [3.63, 3.8) is 0 Å². The number of benzene rings is 1. The van der Waals surface area contributed by atoms with Gasteiger partial charge in [-0.05, 0) is 6.07 Å². The molecule has 1 unspecified atom stereocenters. The summed E-state index contributed by atoms with van der Waals surface area (Å²) in [5, 5.41) is 3.39. The van der Waals surface area contributed by atoms with E-state index in [1.807, 2.05) is 0 Å². The van der Waals surface area contributed by atoms with Crippen LogP contribution in [0.5, 0.6) is 11.5 Å². The van der Waals surface area contributed by atoms with Gasteiger partial charge in [-0.3, -0.25) is 0 Å². The van der Waals surface area contributed by atoms with Crippen LogP contribution in [0.25, 0.3) is 0 Å². The molecule has 1 N–H and O–H groups in total. The average molecular weight is 261 g/mol. The predicted octanol–water partition coefficient (Wildman–Crippen LogP) is 1.09. The van der Waals surface area contributed by atoms with Crippen molar-refractivity contribution in [1.29, 1.82) is 0 Å². The van der Waals surface area contributed by atoms with E-state index >= 15 is 0 Å². The molecule has 0 radical (unpaired) electrons. The summed E-state index contributed by atoms with van der Waals surface area (Å²) < 4.78 is 17.4. The molecule has 1 aromatic carbocycles. The lowest BCUT2D eigenvalue weighted by Gasteiger charge is -2.25. The molecular formula is C15H19NO3. The summed E-state index contributed by atoms with van der Waals surface area (Å²) in [7, 11) is 0. The van der Waals surface area contributed by atoms with Gasteiger partial charge in [-0.15, -0.1) is 0 Å². The molecule has 0 amide bonds. The van der Waals surface area contributed by atoms with Crippen LogP contribution < -0.4 is 14.8 Å². The van der Waals surface area contributed by atoms with E-state index in [4.69, 9.17) is 14.2 Å². The second-order valence-electron chi connectivity index (χ2n) is 5.42. The van der Waals surface area contributed by atoms with Gasteiger partial charge in [-0.1, -0.05) is 0 Å². The summed E-state index contributed by atoms with van der Waals surface area (Å²) in [6.07, 6.45) is 3.20. The molecule has 4 rings (SSSR count). The Bertz CT molecular complexity index is 462. The minimum Gasteiger partial charge on any atom is -0.493 e. The number of morpholine rings is 1. The van der Waals surface area contributed by atoms with Crippen LogP contribution in [0.3, 0.4) is 0 Å². The molecule has 1 saturated heterocycles. The van der Waals surface area contributed by atoms with Gasteiger partial charge in [0, 0.05) is 49.0 Å². The Balaban J connectivity index is 1.69. The maximum absolute atomic E-state index is 5.86. The third-order valence-corrected chi connectivity index (χ3v) is 4.20. The number of hydrogen-bond acceptors (Lipinski definition) is 4. The Morgan fingerprint density at radius 3 is 3.00 bits per heavy atom. The Labute approximate surface area is 113 Å². The zero-order chi connectivity index (χ0) is 12.7. The van der Waals surface area contributed by atoms with Crippen molar-refractivity contribution in [2.45, 2.75) is 25.4 Å². The van der Waals surface area contributed by atoms with E-state index in [9.17, 15) is 0 Å². The molecule has 1 atom stereocenters. The summed E-state index contributed by atoms with van der Waals surface area (Å²) in [5.41, 5.74) is 3.98. The number of nitrogens with one attached hydrogen (secondary N) is 1. The number of fused-ring (bicyclic) bond motifs is 2. The Morgan fingerprint density at radius 2 is 2.11 bits per heavy atom. The SMILES string of the molecule is c1c2c(c(CC3CNCCO3)c3c1OCC3)OCC2. The molecule has 19 heavy (non-hydrogen) atoms. The monoisotopic (exact) mass is 261 g/mol. The predicted molar refractivity (Wildman–Crippen MR) is 71.2 cm³/mol. The van der Waals surface area contributed by atoms with Crippen LogP contribution in [-0.2, 0) is 24.0 Å². The van der Waals surface area contributed by atoms with Crippen molar-refractivity contribution < 1.29 is 14.2 Å². The van der Waals surface area contributed by atoms with Gasteiger partial charge in [-0.25, -0.2) is 0 Å². The van der Waals surface area contributed by atoms with Crippen molar-refractivity contribution in [3.05, 3.63) is 22.8 Å². The summed E-state index contributed by atoms with van der Waals surface area (Å²) in [5.74, 6) is 2.18. The number of rotatable bonds is 2. The maximum atomic E-state index is 5.86. The molecule has 0 aromatic heterocycles. The van der Waals surface area contributed by atoms with E-state index < -0.39 is 0 Å². The minimum absolute atomic E-state index is 0.258. The quantitative estimate of drug-likeness (QED) is 0.865. The maximum Gasteiger partial charge on any atom is 0.126 e. The third kappa shape index (κ3) is 1.99. The Kier molecular flexibility index (Phi) is 2.85. The van der Waals surface area contributed by atoms with E-state index in [1.54, 1.807) is 0 Å². The van der Waals surface area contributed by atoms with Crippen LogP contribution in [-0.4, -0.2) is 39.0 Å². The van der Waals surface area contributed by atoms with Gasteiger partial charge >= 0.3 is 0 Å². The number of hydrogen-bond donors (Lipinski definition) is 1. The van der Waals surface area contributed by atoms with Crippen LogP contribution in [0.4, 0.5) is 0 Å². The molecule has 0 aliphatic carbocycles. The van der Waals surface area contributed by atoms with Gasteiger partial charge in [0.25, 0.3) is 0 Å². The smallest absolute Gasteiger partial charge is 0.126 e. The summed E-state index contributed by atoms with van der Waals surface area (Å²) >= 11 is 0. The lowest BCUT2D eigenvalue weighted by molar-refractivity contribution is 0.0288. The topological polar surface area (TPSA) is 39.7 Å². The van der Waals surface area contributed by atoms with Crippen LogP contribution in [0.15, 0.2) is 6.07 Å². The van der Waals surface area contributed by atoms with E-state index in [0.29, 0.717) is 0 Å². The highest BCUT2D eigenvalue weighted by Gasteiger charge is 2.28. The molecule has 1 aromatic rings. The van der Waals surface area contributed by atoms with Gasteiger partial charge < -0.3 is 19.5 Å². The summed E-state index contributed by atoms with van der Waals surface area (Å²) in [6, 6.07) is 2.17. The third-order valence-electron chi connectivity index (χ3n) is 4.20. The fraction of sp³-hybridized carbons (Fsp3) is 0.600. The first-order valence-electron chi connectivity index (χ1n) is 7.17. The average Bonchev–Trinajstić information content (AvgIpc) is 3.08. The molecule has 3 aliphatic heterocycles. The van der Waals surface area contributed by atoms with Crippen molar-refractivity contribution >= 4 is 0 Å². The van der Waals surface area contributed by atoms with Gasteiger partial charge in [0.1, 0.15) is 11.5 Å². The molecule has 0 saturated carbocycles. The fourth-order valence-electron chi connectivity index (χ4n) is 3.28. The van der Waals surface area contributed by atoms with Crippen LogP contribution in [0.1, 0.15) is 16.7 Å². The highest BCUT2D eigenvalue weighted by atomic mass is 16.5. The highest BCUT2D eigenvalue weighted by Crippen LogP contribution is 2.41. The second kappa shape index (κ2) is 4.69.